The highest BCUT2D eigenvalue weighted by Crippen LogP contribution is 2.10. The number of Topliss-reactive ketones (excluding diaryl/α,β-unsaturated/α-hetero) is 1. The molecule has 1 amide bonds. The van der Waals surface area contributed by atoms with Gasteiger partial charge in [-0.3, -0.25) is 14.5 Å². The summed E-state index contributed by atoms with van der Waals surface area (Å²) in [5, 5.41) is 1.87. The first-order valence-electron chi connectivity index (χ1n) is 5.70. The number of rotatable bonds is 8. The van der Waals surface area contributed by atoms with Gasteiger partial charge in [-0.05, 0) is 24.4 Å². The molecule has 1 aromatic rings. The van der Waals surface area contributed by atoms with Gasteiger partial charge in [-0.2, -0.15) is 0 Å². The molecule has 1 heterocycles. The number of hydrogen-bond acceptors (Lipinski definition) is 4. The van der Waals surface area contributed by atoms with Crippen LogP contribution >= 0.6 is 11.3 Å². The van der Waals surface area contributed by atoms with Gasteiger partial charge < -0.3 is 5.73 Å². The van der Waals surface area contributed by atoms with E-state index < -0.39 is 0 Å². The lowest BCUT2D eigenvalue weighted by atomic mass is 10.2. The van der Waals surface area contributed by atoms with Crippen LogP contribution in [0.5, 0.6) is 0 Å². The summed E-state index contributed by atoms with van der Waals surface area (Å²) in [5.41, 5.74) is 5.17. The Balaban J connectivity index is 2.52. The molecule has 0 saturated heterocycles. The topological polar surface area (TPSA) is 63.4 Å². The molecule has 17 heavy (non-hydrogen) atoms. The number of thiophene rings is 1. The number of unbranched alkanes of at least 4 members (excludes halogenated alkanes) is 1. The number of nitrogens with two attached hydrogens (primary N) is 1. The molecule has 1 rings (SSSR count). The summed E-state index contributed by atoms with van der Waals surface area (Å²) in [5.74, 6) is -0.336. The predicted molar refractivity (Wildman–Crippen MR) is 69.2 cm³/mol. The number of carbonyl (C=O) groups excluding carboxylic acids is 2. The Bertz CT molecular complexity index is 363. The minimum absolute atomic E-state index is 0.0531. The molecule has 0 atom stereocenters. The zero-order chi connectivity index (χ0) is 12.7. The summed E-state index contributed by atoms with van der Waals surface area (Å²) in [4.78, 5) is 25.3. The summed E-state index contributed by atoms with van der Waals surface area (Å²) < 4.78 is 0. The fraction of sp³-hybridized carbons (Fsp3) is 0.500. The van der Waals surface area contributed by atoms with Gasteiger partial charge >= 0.3 is 0 Å². The normalized spacial score (nSPS) is 10.7. The molecule has 0 aliphatic carbocycles. The molecular formula is C12H18N2O2S. The van der Waals surface area contributed by atoms with Crippen molar-refractivity contribution in [3.8, 4) is 0 Å². The molecule has 1 aromatic heterocycles. The van der Waals surface area contributed by atoms with Crippen LogP contribution in [0.25, 0.3) is 0 Å². The third-order valence-corrected chi connectivity index (χ3v) is 3.28. The lowest BCUT2D eigenvalue weighted by Crippen LogP contribution is -2.37. The number of amides is 1. The van der Waals surface area contributed by atoms with Crippen molar-refractivity contribution in [3.63, 3.8) is 0 Å². The molecule has 94 valence electrons. The van der Waals surface area contributed by atoms with Gasteiger partial charge in [-0.1, -0.05) is 19.4 Å². The molecule has 5 heteroatoms. The van der Waals surface area contributed by atoms with Crippen LogP contribution in [0.1, 0.15) is 29.4 Å². The monoisotopic (exact) mass is 254 g/mol. The largest absolute Gasteiger partial charge is 0.369 e. The van der Waals surface area contributed by atoms with E-state index in [1.165, 1.54) is 11.3 Å². The average molecular weight is 254 g/mol. The van der Waals surface area contributed by atoms with Crippen LogP contribution in [0.3, 0.4) is 0 Å². The zero-order valence-corrected chi connectivity index (χ0v) is 10.8. The first-order valence-corrected chi connectivity index (χ1v) is 6.58. The second kappa shape index (κ2) is 7.19. The Kier molecular flexibility index (Phi) is 5.86. The first kappa shape index (κ1) is 13.9. The van der Waals surface area contributed by atoms with Crippen LogP contribution in [0.15, 0.2) is 17.5 Å². The number of hydrogen-bond donors (Lipinski definition) is 1. The van der Waals surface area contributed by atoms with Gasteiger partial charge in [-0.15, -0.1) is 11.3 Å². The maximum atomic E-state index is 11.9. The van der Waals surface area contributed by atoms with E-state index in [-0.39, 0.29) is 24.8 Å². The van der Waals surface area contributed by atoms with Crippen molar-refractivity contribution >= 4 is 23.0 Å². The quantitative estimate of drug-likeness (QED) is 0.715. The summed E-state index contributed by atoms with van der Waals surface area (Å²) in [6.07, 6.45) is 1.99. The minimum atomic E-state index is -0.389. The maximum Gasteiger partial charge on any atom is 0.231 e. The molecular weight excluding hydrogens is 236 g/mol. The van der Waals surface area contributed by atoms with Crippen LogP contribution in [0.2, 0.25) is 0 Å². The standard InChI is InChI=1S/C12H18N2O2S/c1-2-3-6-14(9-12(13)16)8-10(15)11-5-4-7-17-11/h4-5,7H,2-3,6,8-9H2,1H3,(H2,13,16). The highest BCUT2D eigenvalue weighted by atomic mass is 32.1. The molecule has 0 radical (unpaired) electrons. The van der Waals surface area contributed by atoms with Gasteiger partial charge in [0.2, 0.25) is 5.91 Å². The molecule has 0 aliphatic heterocycles. The minimum Gasteiger partial charge on any atom is -0.369 e. The van der Waals surface area contributed by atoms with Gasteiger partial charge in [-0.25, -0.2) is 0 Å². The predicted octanol–water partition coefficient (Wildman–Crippen LogP) is 1.52. The third-order valence-electron chi connectivity index (χ3n) is 2.37. The maximum absolute atomic E-state index is 11.9. The van der Waals surface area contributed by atoms with Crippen LogP contribution < -0.4 is 5.73 Å². The molecule has 0 aromatic carbocycles. The average Bonchev–Trinajstić information content (AvgIpc) is 2.78. The van der Waals surface area contributed by atoms with E-state index in [1.54, 1.807) is 6.07 Å². The molecule has 2 N–H and O–H groups in total. The lowest BCUT2D eigenvalue weighted by Gasteiger charge is -2.18. The zero-order valence-electron chi connectivity index (χ0n) is 10.0. The van der Waals surface area contributed by atoms with Gasteiger partial charge in [0.05, 0.1) is 18.0 Å². The highest BCUT2D eigenvalue weighted by molar-refractivity contribution is 7.12. The lowest BCUT2D eigenvalue weighted by molar-refractivity contribution is -0.119. The Morgan fingerprint density at radius 2 is 2.18 bits per heavy atom. The number of nitrogens with zero attached hydrogens (tertiary/aromatic N) is 1. The summed E-state index contributed by atoms with van der Waals surface area (Å²) in [6, 6.07) is 3.65. The van der Waals surface area contributed by atoms with Crippen LogP contribution in [-0.4, -0.2) is 36.2 Å². The molecule has 0 aliphatic rings. The van der Waals surface area contributed by atoms with Crippen LogP contribution in [-0.2, 0) is 4.79 Å². The van der Waals surface area contributed by atoms with Gasteiger partial charge in [0.1, 0.15) is 0 Å². The second-order valence-corrected chi connectivity index (χ2v) is 4.88. The Morgan fingerprint density at radius 3 is 2.71 bits per heavy atom. The van der Waals surface area contributed by atoms with Crippen molar-refractivity contribution in [1.29, 1.82) is 0 Å². The smallest absolute Gasteiger partial charge is 0.231 e. The van der Waals surface area contributed by atoms with Gasteiger partial charge in [0, 0.05) is 0 Å². The van der Waals surface area contributed by atoms with Crippen LogP contribution in [0, 0.1) is 0 Å². The Hall–Kier alpha value is -1.20. The molecule has 0 spiro atoms. The molecule has 0 fully saturated rings. The van der Waals surface area contributed by atoms with E-state index in [0.29, 0.717) is 0 Å². The Morgan fingerprint density at radius 1 is 1.41 bits per heavy atom. The SMILES string of the molecule is CCCCN(CC(N)=O)CC(=O)c1cccs1. The molecule has 4 nitrogen and oxygen atoms in total. The van der Waals surface area contributed by atoms with Gasteiger partial charge in [0.15, 0.2) is 5.78 Å². The van der Waals surface area contributed by atoms with Crippen molar-refractivity contribution < 1.29 is 9.59 Å². The second-order valence-electron chi connectivity index (χ2n) is 3.93. The summed E-state index contributed by atoms with van der Waals surface area (Å²) in [7, 11) is 0. The van der Waals surface area contributed by atoms with Gasteiger partial charge in [0.25, 0.3) is 0 Å². The van der Waals surface area contributed by atoms with Crippen molar-refractivity contribution in [2.45, 2.75) is 19.8 Å². The van der Waals surface area contributed by atoms with E-state index in [1.807, 2.05) is 16.3 Å². The summed E-state index contributed by atoms with van der Waals surface area (Å²) >= 11 is 1.42. The van der Waals surface area contributed by atoms with Crippen molar-refractivity contribution in [2.24, 2.45) is 5.73 Å². The van der Waals surface area contributed by atoms with Crippen molar-refractivity contribution in [2.75, 3.05) is 19.6 Å². The van der Waals surface area contributed by atoms with Crippen molar-refractivity contribution in [1.82, 2.24) is 4.90 Å². The molecule has 0 bridgehead atoms. The third kappa shape index (κ3) is 5.10. The molecule has 0 saturated carbocycles. The number of carbonyl (C=O) groups is 2. The fourth-order valence-corrected chi connectivity index (χ4v) is 2.19. The number of ketones is 1. The van der Waals surface area contributed by atoms with E-state index in [4.69, 9.17) is 5.73 Å². The van der Waals surface area contributed by atoms with Crippen LogP contribution in [0.4, 0.5) is 0 Å². The van der Waals surface area contributed by atoms with E-state index in [9.17, 15) is 9.59 Å². The van der Waals surface area contributed by atoms with Crippen molar-refractivity contribution in [3.05, 3.63) is 22.4 Å². The van der Waals surface area contributed by atoms with E-state index in [2.05, 4.69) is 6.92 Å². The highest BCUT2D eigenvalue weighted by Gasteiger charge is 2.14. The Labute approximate surface area is 105 Å². The molecule has 0 unspecified atom stereocenters. The summed E-state index contributed by atoms with van der Waals surface area (Å²) in [6.45, 7) is 3.22. The van der Waals surface area contributed by atoms with E-state index >= 15 is 0 Å². The van der Waals surface area contributed by atoms with E-state index in [0.717, 1.165) is 24.3 Å². The first-order chi connectivity index (χ1) is 8.13. The number of primary amides is 1. The fourth-order valence-electron chi connectivity index (χ4n) is 1.53.